The van der Waals surface area contributed by atoms with Crippen LogP contribution >= 0.6 is 0 Å². The molecular formula is C30H34FNO5. The molecule has 3 aromatic rings. The maximum absolute atomic E-state index is 13.5. The van der Waals surface area contributed by atoms with E-state index in [2.05, 4.69) is 17.0 Å². The van der Waals surface area contributed by atoms with Crippen LogP contribution in [0.2, 0.25) is 0 Å². The van der Waals surface area contributed by atoms with Crippen molar-refractivity contribution >= 4 is 5.97 Å². The predicted octanol–water partition coefficient (Wildman–Crippen LogP) is 6.28. The molecule has 0 unspecified atom stereocenters. The molecule has 1 aliphatic rings. The number of carbonyl (C=O) groups is 1. The van der Waals surface area contributed by atoms with Gasteiger partial charge in [0.1, 0.15) is 23.1 Å². The average molecular weight is 508 g/mol. The number of benzene rings is 3. The van der Waals surface area contributed by atoms with Gasteiger partial charge in [0.25, 0.3) is 0 Å². The number of carboxylic acids is 1. The van der Waals surface area contributed by atoms with Crippen LogP contribution in [-0.2, 0) is 6.54 Å². The van der Waals surface area contributed by atoms with Crippen LogP contribution in [0.4, 0.5) is 4.39 Å². The SMILES string of the molecule is CCOc1cc(CN2CCC(COc3ccc(C(=O)O)cc3)CC2)cc(OCC)c1-c1ccc(F)cc1. The van der Waals surface area contributed by atoms with E-state index < -0.39 is 5.97 Å². The Morgan fingerprint density at radius 2 is 1.51 bits per heavy atom. The maximum atomic E-state index is 13.5. The highest BCUT2D eigenvalue weighted by Gasteiger charge is 2.22. The van der Waals surface area contributed by atoms with Crippen LogP contribution in [-0.4, -0.2) is 48.9 Å². The van der Waals surface area contributed by atoms with Crippen molar-refractivity contribution in [3.63, 3.8) is 0 Å². The lowest BCUT2D eigenvalue weighted by Gasteiger charge is -2.32. The van der Waals surface area contributed by atoms with Crippen LogP contribution in [0.25, 0.3) is 11.1 Å². The van der Waals surface area contributed by atoms with Crippen molar-refractivity contribution in [3.05, 3.63) is 77.6 Å². The number of piperidine rings is 1. The lowest BCUT2D eigenvalue weighted by atomic mass is 9.96. The van der Waals surface area contributed by atoms with E-state index in [-0.39, 0.29) is 11.4 Å². The summed E-state index contributed by atoms with van der Waals surface area (Å²) in [5.41, 5.74) is 3.08. The first-order valence-corrected chi connectivity index (χ1v) is 12.8. The Morgan fingerprint density at radius 3 is 2.05 bits per heavy atom. The fourth-order valence-electron chi connectivity index (χ4n) is 4.65. The minimum Gasteiger partial charge on any atom is -0.493 e. The Morgan fingerprint density at radius 1 is 0.919 bits per heavy atom. The highest BCUT2D eigenvalue weighted by atomic mass is 19.1. The predicted molar refractivity (Wildman–Crippen MR) is 141 cm³/mol. The molecule has 1 fully saturated rings. The number of carboxylic acid groups (broad SMARTS) is 1. The van der Waals surface area contributed by atoms with E-state index in [4.69, 9.17) is 19.3 Å². The van der Waals surface area contributed by atoms with Gasteiger partial charge in [-0.05, 0) is 105 Å². The largest absolute Gasteiger partial charge is 0.493 e. The molecule has 1 saturated heterocycles. The Kier molecular flexibility index (Phi) is 9.01. The minimum absolute atomic E-state index is 0.256. The molecule has 0 aliphatic carbocycles. The molecule has 0 spiro atoms. The first-order valence-electron chi connectivity index (χ1n) is 12.8. The van der Waals surface area contributed by atoms with Gasteiger partial charge in [-0.15, -0.1) is 0 Å². The van der Waals surface area contributed by atoms with E-state index >= 15 is 0 Å². The van der Waals surface area contributed by atoms with Gasteiger partial charge in [-0.1, -0.05) is 12.1 Å². The van der Waals surface area contributed by atoms with Crippen molar-refractivity contribution < 1.29 is 28.5 Å². The monoisotopic (exact) mass is 507 g/mol. The van der Waals surface area contributed by atoms with Gasteiger partial charge in [-0.2, -0.15) is 0 Å². The first-order chi connectivity index (χ1) is 18.0. The first kappa shape index (κ1) is 26.5. The molecule has 0 amide bonds. The van der Waals surface area contributed by atoms with Crippen molar-refractivity contribution in [2.45, 2.75) is 33.2 Å². The van der Waals surface area contributed by atoms with Crippen molar-refractivity contribution in [3.8, 4) is 28.4 Å². The van der Waals surface area contributed by atoms with Crippen LogP contribution in [0.3, 0.4) is 0 Å². The molecule has 37 heavy (non-hydrogen) atoms. The van der Waals surface area contributed by atoms with Crippen molar-refractivity contribution in [1.29, 1.82) is 0 Å². The zero-order valence-corrected chi connectivity index (χ0v) is 21.4. The third-order valence-corrected chi connectivity index (χ3v) is 6.56. The summed E-state index contributed by atoms with van der Waals surface area (Å²) in [4.78, 5) is 13.4. The lowest BCUT2D eigenvalue weighted by Crippen LogP contribution is -2.35. The van der Waals surface area contributed by atoms with Gasteiger partial charge in [0.2, 0.25) is 0 Å². The van der Waals surface area contributed by atoms with Gasteiger partial charge in [0.15, 0.2) is 0 Å². The van der Waals surface area contributed by atoms with Gasteiger partial charge < -0.3 is 19.3 Å². The van der Waals surface area contributed by atoms with Gasteiger partial charge in [0, 0.05) is 6.54 Å². The van der Waals surface area contributed by atoms with Gasteiger partial charge in [-0.25, -0.2) is 9.18 Å². The van der Waals surface area contributed by atoms with E-state index in [0.29, 0.717) is 31.5 Å². The number of hydrogen-bond acceptors (Lipinski definition) is 5. The topological polar surface area (TPSA) is 68.2 Å². The maximum Gasteiger partial charge on any atom is 0.335 e. The summed E-state index contributed by atoms with van der Waals surface area (Å²) in [5.74, 6) is 1.42. The Labute approximate surface area is 217 Å². The van der Waals surface area contributed by atoms with Crippen molar-refractivity contribution in [1.82, 2.24) is 4.90 Å². The molecule has 1 aliphatic heterocycles. The van der Waals surface area contributed by atoms with E-state index in [1.54, 1.807) is 36.4 Å². The Bertz CT molecular complexity index is 1140. The molecule has 0 bridgehead atoms. The highest BCUT2D eigenvalue weighted by Crippen LogP contribution is 2.40. The van der Waals surface area contributed by atoms with E-state index in [1.807, 2.05) is 13.8 Å². The molecule has 196 valence electrons. The molecule has 0 radical (unpaired) electrons. The standard InChI is InChI=1S/C30H34FNO5/c1-3-35-27-17-22(18-28(36-4-2)29(27)23-5-9-25(31)10-6-23)19-32-15-13-21(14-16-32)20-37-26-11-7-24(8-12-26)30(33)34/h5-12,17-18,21H,3-4,13-16,19-20H2,1-2H3,(H,33,34). The molecule has 6 nitrogen and oxygen atoms in total. The molecule has 1 heterocycles. The molecule has 3 aromatic carbocycles. The minimum atomic E-state index is -0.939. The van der Waals surface area contributed by atoms with Crippen molar-refractivity contribution in [2.24, 2.45) is 5.92 Å². The van der Waals surface area contributed by atoms with Gasteiger partial charge in [0.05, 0.1) is 30.9 Å². The fourth-order valence-corrected chi connectivity index (χ4v) is 4.65. The molecule has 0 saturated carbocycles. The quantitative estimate of drug-likeness (QED) is 0.330. The van der Waals surface area contributed by atoms with Gasteiger partial charge in [-0.3, -0.25) is 4.90 Å². The number of likely N-dealkylation sites (tertiary alicyclic amines) is 1. The normalized spacial score (nSPS) is 14.4. The number of aromatic carboxylic acids is 1. The Hall–Kier alpha value is -3.58. The second kappa shape index (κ2) is 12.6. The highest BCUT2D eigenvalue weighted by molar-refractivity contribution is 5.87. The summed E-state index contributed by atoms with van der Waals surface area (Å²) in [6.45, 7) is 8.27. The lowest BCUT2D eigenvalue weighted by molar-refractivity contribution is 0.0696. The molecule has 1 N–H and O–H groups in total. The summed E-state index contributed by atoms with van der Waals surface area (Å²) >= 11 is 0. The number of ether oxygens (including phenoxy) is 3. The third kappa shape index (κ3) is 7.01. The summed E-state index contributed by atoms with van der Waals surface area (Å²) in [7, 11) is 0. The average Bonchev–Trinajstić information content (AvgIpc) is 2.90. The van der Waals surface area contributed by atoms with Crippen LogP contribution in [0.1, 0.15) is 42.6 Å². The number of nitrogens with zero attached hydrogens (tertiary/aromatic N) is 1. The van der Waals surface area contributed by atoms with E-state index in [9.17, 15) is 9.18 Å². The van der Waals surface area contributed by atoms with E-state index in [1.165, 1.54) is 12.1 Å². The van der Waals surface area contributed by atoms with Gasteiger partial charge >= 0.3 is 5.97 Å². The zero-order chi connectivity index (χ0) is 26.2. The molecule has 7 heteroatoms. The summed E-state index contributed by atoms with van der Waals surface area (Å²) in [6, 6.07) is 17.1. The molecule has 4 rings (SSSR count). The Balaban J connectivity index is 1.39. The summed E-state index contributed by atoms with van der Waals surface area (Å²) in [6.07, 6.45) is 2.05. The van der Waals surface area contributed by atoms with E-state index in [0.717, 1.165) is 60.7 Å². The zero-order valence-electron chi connectivity index (χ0n) is 21.4. The van der Waals surface area contributed by atoms with Crippen molar-refractivity contribution in [2.75, 3.05) is 32.9 Å². The summed E-state index contributed by atoms with van der Waals surface area (Å²) < 4.78 is 31.5. The number of halogens is 1. The number of rotatable bonds is 11. The second-order valence-corrected chi connectivity index (χ2v) is 9.20. The second-order valence-electron chi connectivity index (χ2n) is 9.20. The van der Waals surface area contributed by atoms with Crippen LogP contribution in [0.5, 0.6) is 17.2 Å². The third-order valence-electron chi connectivity index (χ3n) is 6.56. The number of hydrogen-bond donors (Lipinski definition) is 1. The fraction of sp³-hybridized carbons (Fsp3) is 0.367. The summed E-state index contributed by atoms with van der Waals surface area (Å²) in [5, 5.41) is 9.03. The molecule has 0 aromatic heterocycles. The van der Waals surface area contributed by atoms with Crippen LogP contribution in [0.15, 0.2) is 60.7 Å². The van der Waals surface area contributed by atoms with Crippen LogP contribution < -0.4 is 14.2 Å². The molecule has 0 atom stereocenters. The smallest absolute Gasteiger partial charge is 0.335 e. The molecular weight excluding hydrogens is 473 g/mol. The van der Waals surface area contributed by atoms with Crippen LogP contribution in [0, 0.1) is 11.7 Å².